The Morgan fingerprint density at radius 3 is 1.00 bits per heavy atom. The fraction of sp³-hybridized carbons (Fsp3) is 0.714. The van der Waals surface area contributed by atoms with Crippen molar-refractivity contribution in [2.45, 2.75) is 217 Å². The Hall–Kier alpha value is -4.84. The van der Waals surface area contributed by atoms with Gasteiger partial charge in [-0.1, -0.05) is 41.5 Å². The number of likely N-dealkylation sites (tertiary alicyclic amines) is 3. The third-order valence-electron chi connectivity index (χ3n) is 17.9. The molecule has 0 radical (unpaired) electrons. The first-order valence-corrected chi connectivity index (χ1v) is 28.8. The van der Waals surface area contributed by atoms with Crippen molar-refractivity contribution < 1.29 is 29.1 Å². The molecule has 77 heavy (non-hydrogen) atoms. The zero-order chi connectivity index (χ0) is 53.1. The van der Waals surface area contributed by atoms with Crippen LogP contribution >= 0.6 is 0 Å². The van der Waals surface area contributed by atoms with Gasteiger partial charge in [0.2, 0.25) is 5.91 Å². The number of ketones is 3. The van der Waals surface area contributed by atoms with Crippen molar-refractivity contribution in [1.82, 2.24) is 28.4 Å². The highest BCUT2D eigenvalue weighted by Gasteiger charge is 2.32. The highest BCUT2D eigenvalue weighted by atomic mass is 16.4. The van der Waals surface area contributed by atoms with E-state index in [2.05, 4.69) is 81.2 Å². The van der Waals surface area contributed by atoms with Crippen LogP contribution in [0.15, 0.2) is 18.2 Å². The molecule has 0 aromatic carbocycles. The molecule has 3 aromatic heterocycles. The second-order valence-corrected chi connectivity index (χ2v) is 23.1. The maximum Gasteiger partial charge on any atom is 0.306 e. The molecule has 0 bridgehead atoms. The lowest BCUT2D eigenvalue weighted by atomic mass is 9.85. The molecule has 0 unspecified atom stereocenters. The minimum atomic E-state index is -0.670. The van der Waals surface area contributed by atoms with Crippen LogP contribution in [0.2, 0.25) is 0 Å². The standard InChI is InChI=1S/C20H31N3O2.C20H29N3O.C20H30N2O3.3CH4/c1-14-12-18(19(24)13-22-10-4-3-5-11-22)15(2)23(14)17-8-6-16(7-9-17)20(21)25;1-15-12-19(20(24)14-22-10-4-3-5-11-22)16(2)23(15)18-8-6-17(13-21)7-9-18;1-14-12-18(19(23)13-21-10-4-3-5-11-21)15(2)22(14)17-8-6-16(7-9-17)20(24)25;;;/h12,16-17H,3-11,13H2,1-2H3,(H2,21,25);12,17-18H,3-11,14H2,1-2H3;12,16-17H,3-11,13H2,1-2H3,(H,24,25);3*1H4. The van der Waals surface area contributed by atoms with E-state index in [4.69, 9.17) is 11.0 Å². The molecule has 0 atom stereocenters. The lowest BCUT2D eigenvalue weighted by molar-refractivity contribution is -0.143. The number of primary amides is 1. The van der Waals surface area contributed by atoms with Crippen LogP contribution in [0.25, 0.3) is 0 Å². The maximum absolute atomic E-state index is 12.8. The Labute approximate surface area is 464 Å². The van der Waals surface area contributed by atoms with Gasteiger partial charge in [0, 0.05) is 80.8 Å². The molecule has 3 aliphatic heterocycles. The van der Waals surface area contributed by atoms with Gasteiger partial charge >= 0.3 is 5.97 Å². The monoisotopic (exact) mass is 1070 g/mol. The van der Waals surface area contributed by atoms with Crippen LogP contribution in [-0.2, 0) is 9.59 Å². The van der Waals surface area contributed by atoms with Gasteiger partial charge in [-0.05, 0) is 215 Å². The smallest absolute Gasteiger partial charge is 0.306 e. The van der Waals surface area contributed by atoms with Gasteiger partial charge in [-0.2, -0.15) is 5.26 Å². The topological polar surface area (TPSA) is 180 Å². The number of nitrogens with zero attached hydrogens (tertiary/aromatic N) is 7. The number of carbonyl (C=O) groups is 5. The van der Waals surface area contributed by atoms with Crippen LogP contribution in [0.5, 0.6) is 0 Å². The molecule has 1 amide bonds. The van der Waals surface area contributed by atoms with Crippen LogP contribution < -0.4 is 5.73 Å². The van der Waals surface area contributed by atoms with Crippen LogP contribution in [0.1, 0.15) is 240 Å². The van der Waals surface area contributed by atoms with Gasteiger partial charge in [-0.25, -0.2) is 0 Å². The highest BCUT2D eigenvalue weighted by molar-refractivity contribution is 6.00. The van der Waals surface area contributed by atoms with E-state index in [1.54, 1.807) is 0 Å². The third-order valence-corrected chi connectivity index (χ3v) is 17.9. The van der Waals surface area contributed by atoms with Gasteiger partial charge in [0.25, 0.3) is 0 Å². The van der Waals surface area contributed by atoms with E-state index in [1.165, 1.54) is 63.5 Å². The first kappa shape index (κ1) is 64.7. The fourth-order valence-electron chi connectivity index (χ4n) is 13.7. The molecule has 3 saturated carbocycles. The third kappa shape index (κ3) is 16.6. The number of aryl methyl sites for hydroxylation is 3. The molecule has 3 saturated heterocycles. The molecule has 14 nitrogen and oxygen atoms in total. The number of aromatic nitrogens is 3. The van der Waals surface area contributed by atoms with Crippen LogP contribution in [0.3, 0.4) is 0 Å². The van der Waals surface area contributed by atoms with Gasteiger partial charge in [0.1, 0.15) is 0 Å². The number of carbonyl (C=O) groups excluding carboxylic acids is 4. The average molecular weight is 1070 g/mol. The lowest BCUT2D eigenvalue weighted by Gasteiger charge is -2.30. The summed E-state index contributed by atoms with van der Waals surface area (Å²) in [5.74, 6) is -0.0685. The SMILES string of the molecule is C.C.C.Cc1cc(C(=O)CN2CCCCC2)c(C)n1C1CCC(C#N)CC1.Cc1cc(C(=O)CN2CCCCC2)c(C)n1C1CCC(C(=O)O)CC1.Cc1cc(C(=O)CN2CCCCC2)c(C)n1C1CCC(C(N)=O)CC1. The van der Waals surface area contributed by atoms with Crippen molar-refractivity contribution in [3.8, 4) is 6.07 Å². The first-order valence-electron chi connectivity index (χ1n) is 28.8. The van der Waals surface area contributed by atoms with Gasteiger partial charge < -0.3 is 24.5 Å². The Bertz CT molecular complexity index is 2320. The number of carboxylic acids is 1. The van der Waals surface area contributed by atoms with E-state index in [1.807, 2.05) is 13.0 Å². The number of Topliss-reactive ketones (excluding diaryl/α,β-unsaturated/α-hetero) is 3. The number of rotatable bonds is 14. The fourth-order valence-corrected chi connectivity index (χ4v) is 13.7. The van der Waals surface area contributed by atoms with Crippen molar-refractivity contribution in [3.63, 3.8) is 0 Å². The first-order chi connectivity index (χ1) is 35.5. The Morgan fingerprint density at radius 1 is 0.468 bits per heavy atom. The quantitative estimate of drug-likeness (QED) is 0.148. The number of amides is 1. The normalized spacial score (nSPS) is 24.2. The van der Waals surface area contributed by atoms with Gasteiger partial charge in [-0.15, -0.1) is 0 Å². The predicted molar refractivity (Wildman–Crippen MR) is 311 cm³/mol. The van der Waals surface area contributed by atoms with Crippen molar-refractivity contribution in [1.29, 1.82) is 5.26 Å². The molecule has 6 aliphatic rings. The van der Waals surface area contributed by atoms with E-state index in [-0.39, 0.29) is 63.3 Å². The number of nitrogens with two attached hydrogens (primary N) is 1. The summed E-state index contributed by atoms with van der Waals surface area (Å²) in [5.41, 5.74) is 14.8. The second kappa shape index (κ2) is 30.5. The minimum Gasteiger partial charge on any atom is -0.481 e. The largest absolute Gasteiger partial charge is 0.481 e. The molecular weight excluding hydrogens is 965 g/mol. The molecule has 3 aliphatic carbocycles. The van der Waals surface area contributed by atoms with Crippen LogP contribution in [-0.4, -0.2) is 122 Å². The second-order valence-electron chi connectivity index (χ2n) is 23.1. The van der Waals surface area contributed by atoms with Crippen LogP contribution in [0, 0.1) is 70.6 Å². The van der Waals surface area contributed by atoms with E-state index in [0.29, 0.717) is 37.8 Å². The molecular formula is C63H102N8O6. The summed E-state index contributed by atoms with van der Waals surface area (Å²) in [6.45, 7) is 20.4. The minimum absolute atomic E-state index is 0. The summed E-state index contributed by atoms with van der Waals surface area (Å²) in [6.07, 6.45) is 22.0. The molecule has 0 spiro atoms. The number of piperidine rings is 3. The summed E-state index contributed by atoms with van der Waals surface area (Å²) < 4.78 is 6.96. The van der Waals surface area contributed by atoms with E-state index in [0.717, 1.165) is 161 Å². The maximum atomic E-state index is 12.8. The van der Waals surface area contributed by atoms with E-state index < -0.39 is 5.97 Å². The van der Waals surface area contributed by atoms with Gasteiger partial charge in [0.15, 0.2) is 17.3 Å². The van der Waals surface area contributed by atoms with E-state index >= 15 is 0 Å². The average Bonchev–Trinajstić information content (AvgIpc) is 4.01. The summed E-state index contributed by atoms with van der Waals surface area (Å²) in [4.78, 5) is 67.8. The van der Waals surface area contributed by atoms with Crippen molar-refractivity contribution >= 4 is 29.2 Å². The number of aliphatic carboxylic acids is 1. The van der Waals surface area contributed by atoms with Crippen LogP contribution in [0.4, 0.5) is 0 Å². The number of nitriles is 1. The lowest BCUT2D eigenvalue weighted by Crippen LogP contribution is -2.34. The molecule has 3 aromatic rings. The summed E-state index contributed by atoms with van der Waals surface area (Å²) in [7, 11) is 0. The predicted octanol–water partition coefficient (Wildman–Crippen LogP) is 12.5. The Balaban J connectivity index is 0.000000245. The Morgan fingerprint density at radius 2 is 0.740 bits per heavy atom. The zero-order valence-electron chi connectivity index (χ0n) is 46.1. The number of hydrogen-bond donors (Lipinski definition) is 2. The summed E-state index contributed by atoms with van der Waals surface area (Å²) >= 11 is 0. The molecule has 3 N–H and O–H groups in total. The van der Waals surface area contributed by atoms with Crippen molar-refractivity contribution in [2.75, 3.05) is 58.9 Å². The molecule has 6 heterocycles. The van der Waals surface area contributed by atoms with Crippen molar-refractivity contribution in [3.05, 3.63) is 69.1 Å². The van der Waals surface area contributed by atoms with Crippen molar-refractivity contribution in [2.24, 2.45) is 23.5 Å². The molecule has 430 valence electrons. The zero-order valence-corrected chi connectivity index (χ0v) is 46.1. The van der Waals surface area contributed by atoms with Gasteiger partial charge in [-0.3, -0.25) is 38.7 Å². The molecule has 6 fully saturated rings. The number of hydrogen-bond acceptors (Lipinski definition) is 9. The van der Waals surface area contributed by atoms with Gasteiger partial charge in [0.05, 0.1) is 31.6 Å². The Kier molecular flexibility index (Phi) is 25.6. The summed E-state index contributed by atoms with van der Waals surface area (Å²) in [5, 5.41) is 18.3. The molecule has 14 heteroatoms. The number of carboxylic acid groups (broad SMARTS) is 1. The molecule has 9 rings (SSSR count). The van der Waals surface area contributed by atoms with E-state index in [9.17, 15) is 29.1 Å². The highest BCUT2D eigenvalue weighted by Crippen LogP contribution is 2.38. The summed E-state index contributed by atoms with van der Waals surface area (Å²) in [6, 6.07) is 9.73.